The van der Waals surface area contributed by atoms with E-state index in [9.17, 15) is 14.7 Å². The van der Waals surface area contributed by atoms with E-state index in [4.69, 9.17) is 14.2 Å². The van der Waals surface area contributed by atoms with E-state index in [0.717, 1.165) is 16.7 Å². The molecule has 3 aromatic carbocycles. The van der Waals surface area contributed by atoms with E-state index in [1.807, 2.05) is 78.9 Å². The zero-order valence-electron chi connectivity index (χ0n) is 20.2. The molecule has 4 aromatic rings. The first kappa shape index (κ1) is 23.4. The van der Waals surface area contributed by atoms with Crippen LogP contribution >= 0.6 is 0 Å². The standard InChI is InChI=1S/C29H26N2O6/c1-18-16-31(28(34)30-27(18)33)26-15-22(32)25(37-26)17-35-29(19-9-3-2-4-10-19)20-11-5-7-13-23(20)36-24-14-8-6-12-21(24)29/h2-14,16,22,25-26,32H,15,17H2,1H3,(H,30,33,34)/t22?,25-,26-/m1/s1. The zero-order chi connectivity index (χ0) is 25.6. The third kappa shape index (κ3) is 3.90. The van der Waals surface area contributed by atoms with Crippen LogP contribution in [0.2, 0.25) is 0 Å². The van der Waals surface area contributed by atoms with Crippen LogP contribution in [0.4, 0.5) is 0 Å². The summed E-state index contributed by atoms with van der Waals surface area (Å²) < 4.78 is 20.5. The molecule has 1 unspecified atom stereocenters. The molecule has 8 nitrogen and oxygen atoms in total. The van der Waals surface area contributed by atoms with Gasteiger partial charge in [-0.2, -0.15) is 0 Å². The second-order valence-corrected chi connectivity index (χ2v) is 9.36. The van der Waals surface area contributed by atoms with Gasteiger partial charge in [-0.15, -0.1) is 0 Å². The van der Waals surface area contributed by atoms with Crippen LogP contribution in [0.1, 0.15) is 34.9 Å². The first-order valence-corrected chi connectivity index (χ1v) is 12.2. The number of rotatable bonds is 5. The number of nitrogens with zero attached hydrogens (tertiary/aromatic N) is 1. The van der Waals surface area contributed by atoms with Crippen molar-refractivity contribution < 1.29 is 19.3 Å². The number of aliphatic hydroxyl groups excluding tert-OH is 1. The van der Waals surface area contributed by atoms with Gasteiger partial charge in [-0.3, -0.25) is 14.3 Å². The highest BCUT2D eigenvalue weighted by Crippen LogP contribution is 2.52. The van der Waals surface area contributed by atoms with Crippen molar-refractivity contribution in [2.45, 2.75) is 37.4 Å². The average molecular weight is 499 g/mol. The van der Waals surface area contributed by atoms with Gasteiger partial charge in [0.2, 0.25) is 0 Å². The topological polar surface area (TPSA) is 103 Å². The molecule has 0 amide bonds. The highest BCUT2D eigenvalue weighted by molar-refractivity contribution is 5.61. The Hall–Kier alpha value is -3.98. The van der Waals surface area contributed by atoms with Crippen molar-refractivity contribution in [3.8, 4) is 11.5 Å². The Bertz CT molecular complexity index is 1520. The summed E-state index contributed by atoms with van der Waals surface area (Å²) in [6.45, 7) is 1.66. The Morgan fingerprint density at radius 3 is 2.27 bits per heavy atom. The molecule has 2 aliphatic heterocycles. The highest BCUT2D eigenvalue weighted by Gasteiger charge is 2.46. The van der Waals surface area contributed by atoms with Gasteiger partial charge < -0.3 is 19.3 Å². The summed E-state index contributed by atoms with van der Waals surface area (Å²) >= 11 is 0. The third-order valence-corrected chi connectivity index (χ3v) is 7.06. The molecule has 0 saturated carbocycles. The summed E-state index contributed by atoms with van der Waals surface area (Å²) in [4.78, 5) is 26.5. The normalized spacial score (nSPS) is 21.6. The van der Waals surface area contributed by atoms with Crippen molar-refractivity contribution in [2.75, 3.05) is 6.61 Å². The Morgan fingerprint density at radius 2 is 1.59 bits per heavy atom. The molecule has 0 bridgehead atoms. The fourth-order valence-electron chi connectivity index (χ4n) is 5.22. The van der Waals surface area contributed by atoms with E-state index >= 15 is 0 Å². The highest BCUT2D eigenvalue weighted by atomic mass is 16.6. The molecule has 3 heterocycles. The van der Waals surface area contributed by atoms with Crippen LogP contribution in [-0.4, -0.2) is 33.5 Å². The quantitative estimate of drug-likeness (QED) is 0.436. The number of H-pyrrole nitrogens is 1. The number of aromatic nitrogens is 2. The summed E-state index contributed by atoms with van der Waals surface area (Å²) in [7, 11) is 0. The predicted octanol–water partition coefficient (Wildman–Crippen LogP) is 3.61. The lowest BCUT2D eigenvalue weighted by molar-refractivity contribution is -0.0961. The smallest absolute Gasteiger partial charge is 0.330 e. The number of aliphatic hydroxyl groups is 1. The Balaban J connectivity index is 1.38. The summed E-state index contributed by atoms with van der Waals surface area (Å²) in [5.41, 5.74) is 0.946. The van der Waals surface area contributed by atoms with Crippen LogP contribution in [-0.2, 0) is 15.1 Å². The minimum atomic E-state index is -1.01. The minimum Gasteiger partial charge on any atom is -0.457 e. The number of aromatic amines is 1. The van der Waals surface area contributed by atoms with Gasteiger partial charge in [0.05, 0.1) is 12.7 Å². The summed E-state index contributed by atoms with van der Waals surface area (Å²) in [6.07, 6.45) is -0.658. The van der Waals surface area contributed by atoms with Gasteiger partial charge >= 0.3 is 5.69 Å². The molecule has 0 radical (unpaired) electrons. The fraction of sp³-hybridized carbons (Fsp3) is 0.241. The lowest BCUT2D eigenvalue weighted by Crippen LogP contribution is -2.39. The van der Waals surface area contributed by atoms with Gasteiger partial charge in [0.25, 0.3) is 5.56 Å². The third-order valence-electron chi connectivity index (χ3n) is 7.06. The van der Waals surface area contributed by atoms with E-state index in [2.05, 4.69) is 4.98 Å². The maximum atomic E-state index is 12.4. The SMILES string of the molecule is Cc1cn([C@H]2CC(O)[C@@H](COC3(c4ccccc4)c4ccccc4Oc4ccccc43)O2)c(=O)[nH]c1=O. The second-order valence-electron chi connectivity index (χ2n) is 9.36. The second kappa shape index (κ2) is 9.15. The lowest BCUT2D eigenvalue weighted by atomic mass is 9.77. The fourth-order valence-corrected chi connectivity index (χ4v) is 5.22. The summed E-state index contributed by atoms with van der Waals surface area (Å²) in [6, 6.07) is 25.4. The number of fused-ring (bicyclic) bond motifs is 2. The van der Waals surface area contributed by atoms with Gasteiger partial charge in [0.15, 0.2) is 5.60 Å². The van der Waals surface area contributed by atoms with Gasteiger partial charge in [-0.05, 0) is 24.6 Å². The molecular weight excluding hydrogens is 472 g/mol. The van der Waals surface area contributed by atoms with E-state index in [-0.39, 0.29) is 13.0 Å². The largest absolute Gasteiger partial charge is 0.457 e. The molecule has 8 heteroatoms. The summed E-state index contributed by atoms with van der Waals surface area (Å²) in [5, 5.41) is 10.9. The number of nitrogens with one attached hydrogen (secondary N) is 1. The molecule has 2 aliphatic rings. The number of hydrogen-bond acceptors (Lipinski definition) is 6. The monoisotopic (exact) mass is 498 g/mol. The lowest BCUT2D eigenvalue weighted by Gasteiger charge is -2.41. The van der Waals surface area contributed by atoms with Crippen molar-refractivity contribution in [3.05, 3.63) is 128 Å². The number of benzene rings is 3. The average Bonchev–Trinajstić information content (AvgIpc) is 3.29. The Kier molecular flexibility index (Phi) is 5.79. The van der Waals surface area contributed by atoms with Crippen LogP contribution in [0.3, 0.4) is 0 Å². The maximum absolute atomic E-state index is 12.4. The van der Waals surface area contributed by atoms with E-state index in [1.54, 1.807) is 6.92 Å². The van der Waals surface area contributed by atoms with E-state index in [0.29, 0.717) is 17.1 Å². The van der Waals surface area contributed by atoms with E-state index in [1.165, 1.54) is 10.8 Å². The number of aryl methyl sites for hydroxylation is 1. The van der Waals surface area contributed by atoms with Gasteiger partial charge in [-0.1, -0.05) is 66.7 Å². The summed E-state index contributed by atoms with van der Waals surface area (Å²) in [5.74, 6) is 1.37. The van der Waals surface area contributed by atoms with Crippen molar-refractivity contribution in [2.24, 2.45) is 0 Å². The van der Waals surface area contributed by atoms with Crippen molar-refractivity contribution in [1.29, 1.82) is 0 Å². The molecule has 1 fully saturated rings. The molecule has 188 valence electrons. The van der Waals surface area contributed by atoms with E-state index < -0.39 is 35.3 Å². The predicted molar refractivity (Wildman–Crippen MR) is 136 cm³/mol. The Labute approximate surface area is 212 Å². The van der Waals surface area contributed by atoms with Crippen LogP contribution in [0.25, 0.3) is 0 Å². The number of hydrogen-bond donors (Lipinski definition) is 2. The molecule has 1 aromatic heterocycles. The molecule has 3 atom stereocenters. The first-order chi connectivity index (χ1) is 18.0. The minimum absolute atomic E-state index is 0.0479. The number of ether oxygens (including phenoxy) is 3. The van der Waals surface area contributed by atoms with Gasteiger partial charge in [0, 0.05) is 29.3 Å². The van der Waals surface area contributed by atoms with Crippen LogP contribution in [0, 0.1) is 6.92 Å². The van der Waals surface area contributed by atoms with Gasteiger partial charge in [0.1, 0.15) is 23.8 Å². The molecular formula is C29H26N2O6. The first-order valence-electron chi connectivity index (χ1n) is 12.2. The zero-order valence-corrected chi connectivity index (χ0v) is 20.2. The molecule has 6 rings (SSSR count). The Morgan fingerprint density at radius 1 is 0.973 bits per heavy atom. The molecule has 37 heavy (non-hydrogen) atoms. The molecule has 0 spiro atoms. The van der Waals surface area contributed by atoms with Crippen LogP contribution in [0.15, 0.2) is 94.6 Å². The van der Waals surface area contributed by atoms with Crippen LogP contribution < -0.4 is 16.0 Å². The molecule has 1 saturated heterocycles. The molecule has 0 aliphatic carbocycles. The number of para-hydroxylation sites is 2. The maximum Gasteiger partial charge on any atom is 0.330 e. The molecule has 2 N–H and O–H groups in total. The van der Waals surface area contributed by atoms with Crippen molar-refractivity contribution >= 4 is 0 Å². The van der Waals surface area contributed by atoms with Gasteiger partial charge in [-0.25, -0.2) is 4.79 Å². The van der Waals surface area contributed by atoms with Crippen molar-refractivity contribution in [3.63, 3.8) is 0 Å². The van der Waals surface area contributed by atoms with Crippen molar-refractivity contribution in [1.82, 2.24) is 9.55 Å². The van der Waals surface area contributed by atoms with Crippen LogP contribution in [0.5, 0.6) is 11.5 Å².